The van der Waals surface area contributed by atoms with Crippen LogP contribution in [0.25, 0.3) is 0 Å². The van der Waals surface area contributed by atoms with Crippen molar-refractivity contribution < 1.29 is 23.2 Å². The van der Waals surface area contributed by atoms with Crippen LogP contribution in [0.5, 0.6) is 5.75 Å². The lowest BCUT2D eigenvalue weighted by Crippen LogP contribution is -2.25. The SMILES string of the molecule is Cc1ccc(OP(=O)(O)OF)c(C2(C)CCCCC2)c1. The number of aryl methyl sites for hydroxylation is 1. The van der Waals surface area contributed by atoms with Crippen molar-refractivity contribution in [3.8, 4) is 5.75 Å². The Bertz CT molecular complexity index is 526. The molecule has 2 rings (SSSR count). The van der Waals surface area contributed by atoms with Gasteiger partial charge in [-0.2, -0.15) is 0 Å². The molecule has 1 aliphatic carbocycles. The molecule has 1 aromatic carbocycles. The lowest BCUT2D eigenvalue weighted by Gasteiger charge is -2.35. The van der Waals surface area contributed by atoms with Gasteiger partial charge in [0.15, 0.2) is 0 Å². The van der Waals surface area contributed by atoms with Crippen LogP contribution in [-0.4, -0.2) is 4.89 Å². The molecule has 0 amide bonds. The summed E-state index contributed by atoms with van der Waals surface area (Å²) in [7, 11) is -4.69. The first-order valence-corrected chi connectivity index (χ1v) is 8.30. The first kappa shape index (κ1) is 15.5. The van der Waals surface area contributed by atoms with Gasteiger partial charge < -0.3 is 4.52 Å². The molecular formula is C14H20FO4P. The molecule has 1 atom stereocenters. The smallest absolute Gasteiger partial charge is 0.402 e. The van der Waals surface area contributed by atoms with E-state index in [0.29, 0.717) is 0 Å². The third kappa shape index (κ3) is 3.40. The lowest BCUT2D eigenvalue weighted by atomic mass is 9.70. The largest absolute Gasteiger partial charge is 0.559 e. The summed E-state index contributed by atoms with van der Waals surface area (Å²) in [4.78, 5) is 9.19. The molecule has 20 heavy (non-hydrogen) atoms. The molecule has 1 aliphatic rings. The van der Waals surface area contributed by atoms with Crippen molar-refractivity contribution in [2.24, 2.45) is 0 Å². The highest BCUT2D eigenvalue weighted by molar-refractivity contribution is 7.47. The fourth-order valence-electron chi connectivity index (χ4n) is 2.93. The summed E-state index contributed by atoms with van der Waals surface area (Å²) in [6.07, 6.45) is 5.39. The molecular weight excluding hydrogens is 282 g/mol. The molecule has 0 saturated heterocycles. The van der Waals surface area contributed by atoms with Crippen molar-refractivity contribution in [2.45, 2.75) is 51.4 Å². The van der Waals surface area contributed by atoms with Crippen LogP contribution in [0, 0.1) is 6.92 Å². The first-order chi connectivity index (χ1) is 9.36. The summed E-state index contributed by atoms with van der Waals surface area (Å²) in [6.45, 7) is 4.07. The van der Waals surface area contributed by atoms with Gasteiger partial charge in [-0.1, -0.05) is 48.6 Å². The molecule has 6 heteroatoms. The molecule has 0 heterocycles. The normalized spacial score (nSPS) is 21.2. The van der Waals surface area contributed by atoms with Gasteiger partial charge in [0.05, 0.1) is 0 Å². The second kappa shape index (κ2) is 5.84. The van der Waals surface area contributed by atoms with Gasteiger partial charge in [-0.3, -0.25) is 4.89 Å². The minimum absolute atomic E-state index is 0.115. The van der Waals surface area contributed by atoms with Crippen LogP contribution < -0.4 is 4.52 Å². The van der Waals surface area contributed by atoms with E-state index in [-0.39, 0.29) is 11.2 Å². The van der Waals surface area contributed by atoms with Gasteiger partial charge in [-0.05, 0) is 35.8 Å². The van der Waals surface area contributed by atoms with Gasteiger partial charge in [-0.15, -0.1) is 0 Å². The molecule has 112 valence electrons. The highest BCUT2D eigenvalue weighted by Crippen LogP contribution is 2.49. The number of hydrogen-bond acceptors (Lipinski definition) is 3. The quantitative estimate of drug-likeness (QED) is 0.826. The maximum absolute atomic E-state index is 12.1. The van der Waals surface area contributed by atoms with Crippen molar-refractivity contribution in [3.05, 3.63) is 29.3 Å². The predicted molar refractivity (Wildman–Crippen MR) is 74.3 cm³/mol. The fourth-order valence-corrected chi connectivity index (χ4v) is 3.37. The Morgan fingerprint density at radius 2 is 1.95 bits per heavy atom. The van der Waals surface area contributed by atoms with Crippen molar-refractivity contribution in [3.63, 3.8) is 0 Å². The maximum atomic E-state index is 12.1. The summed E-state index contributed by atoms with van der Waals surface area (Å²) >= 11 is 0. The number of phosphoric acid groups is 1. The molecule has 1 saturated carbocycles. The van der Waals surface area contributed by atoms with E-state index in [4.69, 9.17) is 4.52 Å². The molecule has 1 unspecified atom stereocenters. The van der Waals surface area contributed by atoms with Crippen LogP contribution in [0.3, 0.4) is 0 Å². The summed E-state index contributed by atoms with van der Waals surface area (Å²) in [6, 6.07) is 5.31. The summed E-state index contributed by atoms with van der Waals surface area (Å²) < 4.78 is 31.3. The molecule has 1 N–H and O–H groups in total. The van der Waals surface area contributed by atoms with E-state index in [1.54, 1.807) is 12.1 Å². The number of benzene rings is 1. The molecule has 0 bridgehead atoms. The Morgan fingerprint density at radius 1 is 1.30 bits per heavy atom. The number of rotatable bonds is 4. The average molecular weight is 302 g/mol. The zero-order valence-corrected chi connectivity index (χ0v) is 12.7. The Morgan fingerprint density at radius 3 is 2.55 bits per heavy atom. The lowest BCUT2D eigenvalue weighted by molar-refractivity contribution is -0.0364. The Labute approximate surface area is 118 Å². The summed E-state index contributed by atoms with van der Waals surface area (Å²) in [5.41, 5.74) is 1.77. The second-order valence-corrected chi connectivity index (χ2v) is 7.01. The summed E-state index contributed by atoms with van der Waals surface area (Å²) in [5.74, 6) is 0.225. The predicted octanol–water partition coefficient (Wildman–Crippen LogP) is 4.60. The third-order valence-corrected chi connectivity index (χ3v) is 4.65. The van der Waals surface area contributed by atoms with E-state index >= 15 is 0 Å². The highest BCUT2D eigenvalue weighted by Gasteiger charge is 2.34. The fraction of sp³-hybridized carbons (Fsp3) is 0.571. The van der Waals surface area contributed by atoms with Gasteiger partial charge >= 0.3 is 7.82 Å². The van der Waals surface area contributed by atoms with E-state index in [1.807, 2.05) is 13.0 Å². The second-order valence-electron chi connectivity index (χ2n) is 5.75. The molecule has 0 radical (unpaired) electrons. The van der Waals surface area contributed by atoms with Crippen LogP contribution >= 0.6 is 7.82 Å². The average Bonchev–Trinajstić information content (AvgIpc) is 2.41. The standard InChI is InChI=1S/C14H20FO4P/c1-11-6-7-13(18-20(16,17)19-15)12(10-11)14(2)8-4-3-5-9-14/h6-7,10H,3-5,8-9H2,1-2H3,(H,16,17). The van der Waals surface area contributed by atoms with Crippen LogP contribution in [0.15, 0.2) is 18.2 Å². The maximum Gasteiger partial charge on any atom is 0.559 e. The van der Waals surface area contributed by atoms with Crippen LogP contribution in [0.4, 0.5) is 4.53 Å². The number of hydrogen-bond donors (Lipinski definition) is 1. The minimum atomic E-state index is -4.69. The first-order valence-electron chi connectivity index (χ1n) is 6.80. The van der Waals surface area contributed by atoms with Crippen LogP contribution in [-0.2, 0) is 14.7 Å². The van der Waals surface area contributed by atoms with Crippen molar-refractivity contribution in [2.75, 3.05) is 0 Å². The van der Waals surface area contributed by atoms with E-state index in [2.05, 4.69) is 11.7 Å². The van der Waals surface area contributed by atoms with Crippen LogP contribution in [0.2, 0.25) is 0 Å². The van der Waals surface area contributed by atoms with Crippen molar-refractivity contribution in [1.82, 2.24) is 0 Å². The van der Waals surface area contributed by atoms with Gasteiger partial charge in [0.25, 0.3) is 0 Å². The molecule has 0 aromatic heterocycles. The Kier molecular flexibility index (Phi) is 4.52. The Balaban J connectivity index is 2.40. The third-order valence-electron chi connectivity index (χ3n) is 4.04. The molecule has 1 aromatic rings. The number of phosphoric ester groups is 1. The summed E-state index contributed by atoms with van der Waals surface area (Å²) in [5, 5.41) is 0. The molecule has 0 aliphatic heterocycles. The Hall–Kier alpha value is -0.900. The van der Waals surface area contributed by atoms with E-state index in [1.165, 1.54) is 6.42 Å². The van der Waals surface area contributed by atoms with E-state index in [0.717, 1.165) is 36.8 Å². The highest BCUT2D eigenvalue weighted by atomic mass is 31.2. The van der Waals surface area contributed by atoms with Gasteiger partial charge in [0.2, 0.25) is 0 Å². The zero-order valence-electron chi connectivity index (χ0n) is 11.8. The van der Waals surface area contributed by atoms with E-state index in [9.17, 15) is 14.0 Å². The molecule has 1 fully saturated rings. The number of halogens is 1. The monoisotopic (exact) mass is 302 g/mol. The molecule has 4 nitrogen and oxygen atoms in total. The van der Waals surface area contributed by atoms with Gasteiger partial charge in [-0.25, -0.2) is 4.57 Å². The van der Waals surface area contributed by atoms with Crippen molar-refractivity contribution >= 4 is 7.82 Å². The van der Waals surface area contributed by atoms with E-state index < -0.39 is 7.82 Å². The minimum Gasteiger partial charge on any atom is -0.402 e. The van der Waals surface area contributed by atoms with Gasteiger partial charge in [0.1, 0.15) is 5.75 Å². The van der Waals surface area contributed by atoms with Crippen LogP contribution in [0.1, 0.15) is 50.2 Å². The van der Waals surface area contributed by atoms with Gasteiger partial charge in [0, 0.05) is 5.56 Å². The van der Waals surface area contributed by atoms with Crippen molar-refractivity contribution in [1.29, 1.82) is 0 Å². The zero-order chi connectivity index (χ0) is 14.8. The topological polar surface area (TPSA) is 55.8 Å². The molecule has 0 spiro atoms.